The molecule has 0 aromatic heterocycles. The molecule has 6 heavy (non-hydrogen) atoms. The number of hydrogen-bond acceptors (Lipinski definition) is 1. The lowest BCUT2D eigenvalue weighted by Gasteiger charge is -1.87. The van der Waals surface area contributed by atoms with Crippen molar-refractivity contribution in [3.63, 3.8) is 0 Å². The first kappa shape index (κ1) is 15.7. The van der Waals surface area contributed by atoms with Crippen molar-refractivity contribution in [2.45, 2.75) is 0 Å². The Balaban J connectivity index is -0.0000000450. The fourth-order valence-corrected chi connectivity index (χ4v) is 0. The molecule has 1 nitrogen and oxygen atoms in total. The van der Waals surface area contributed by atoms with Gasteiger partial charge in [0.05, 0.1) is 12.5 Å². The van der Waals surface area contributed by atoms with Crippen molar-refractivity contribution in [2.75, 3.05) is 12.5 Å². The lowest BCUT2D eigenvalue weighted by molar-refractivity contribution is 0.606. The van der Waals surface area contributed by atoms with Crippen molar-refractivity contribution >= 4 is 40.6 Å². The first-order chi connectivity index (χ1) is 1.73. The highest BCUT2D eigenvalue weighted by atomic mass is 79.9. The topological polar surface area (TPSA) is 23.1 Å². The van der Waals surface area contributed by atoms with Gasteiger partial charge >= 0.3 is 0 Å². The second-order valence-corrected chi connectivity index (χ2v) is 2.22. The zero-order chi connectivity index (χ0) is 3.58. The van der Waals surface area contributed by atoms with E-state index in [1.165, 1.54) is 0 Å². The molecule has 0 saturated carbocycles. The van der Waals surface area contributed by atoms with Crippen molar-refractivity contribution < 1.29 is 4.55 Å². The van der Waals surface area contributed by atoms with Crippen LogP contribution in [0.2, 0.25) is 0 Å². The van der Waals surface area contributed by atoms with E-state index in [4.69, 9.17) is 0 Å². The summed E-state index contributed by atoms with van der Waals surface area (Å²) < 4.78 is 9.56. The summed E-state index contributed by atoms with van der Waals surface area (Å²) in [7, 11) is 0. The molecule has 0 saturated heterocycles. The molecule has 0 heterocycles. The second kappa shape index (κ2) is 9.43. The van der Waals surface area contributed by atoms with Gasteiger partial charge in [0.2, 0.25) is 0 Å². The van der Waals surface area contributed by atoms with E-state index in [1.54, 1.807) is 12.5 Å². The van der Waals surface area contributed by atoms with Crippen LogP contribution in [-0.2, 0) is 11.2 Å². The number of hydrogen-bond donors (Lipinski definition) is 0. The zero-order valence-corrected chi connectivity index (χ0v) is 6.98. The molecule has 0 spiro atoms. The monoisotopic (exact) mass is 194 g/mol. The Kier molecular flexibility index (Phi) is 24.7. The predicted octanol–water partition coefficient (Wildman–Crippen LogP) is 0.994. The molecule has 0 aliphatic heterocycles. The van der Waals surface area contributed by atoms with E-state index in [1.807, 2.05) is 0 Å². The van der Waals surface area contributed by atoms with Crippen LogP contribution in [0.25, 0.3) is 0 Å². The summed E-state index contributed by atoms with van der Waals surface area (Å²) in [5.41, 5.74) is 0. The van der Waals surface area contributed by atoms with Crippen LogP contribution in [0.15, 0.2) is 0 Å². The van der Waals surface area contributed by atoms with Crippen LogP contribution in [0.4, 0.5) is 0 Å². The summed E-state index contributed by atoms with van der Waals surface area (Å²) in [6.07, 6.45) is 3.28. The van der Waals surface area contributed by atoms with Gasteiger partial charge in [-0.15, -0.1) is 29.4 Å². The zero-order valence-electron chi connectivity index (χ0n) is 3.63. The van der Waals surface area contributed by atoms with Gasteiger partial charge in [-0.3, -0.25) is 0 Å². The smallest absolute Gasteiger partial charge is 0.0946 e. The first-order valence-electron chi connectivity index (χ1n) is 0.983. The molecule has 0 N–H and O–H groups in total. The summed E-state index contributed by atoms with van der Waals surface area (Å²) in [4.78, 5) is 0. The van der Waals surface area contributed by atoms with Crippen molar-refractivity contribution in [3.8, 4) is 0 Å². The molecular weight excluding hydrogens is 187 g/mol. The van der Waals surface area contributed by atoms with Crippen molar-refractivity contribution in [1.29, 1.82) is 0 Å². The minimum Gasteiger partial charge on any atom is -0.617 e. The molecule has 4 heteroatoms. The van der Waals surface area contributed by atoms with Gasteiger partial charge < -0.3 is 4.55 Å². The van der Waals surface area contributed by atoms with Gasteiger partial charge in [-0.2, -0.15) is 0 Å². The Hall–Kier alpha value is 1.08. The van der Waals surface area contributed by atoms with Crippen LogP contribution in [-0.4, -0.2) is 17.1 Å². The molecule has 0 aliphatic carbocycles. The van der Waals surface area contributed by atoms with Crippen LogP contribution < -0.4 is 0 Å². The summed E-state index contributed by atoms with van der Waals surface area (Å²) in [6.45, 7) is 0. The Morgan fingerprint density at radius 3 is 1.33 bits per heavy atom. The van der Waals surface area contributed by atoms with Gasteiger partial charge in [0.15, 0.2) is 0 Å². The molecular formula is C2H8BrClOS. The summed E-state index contributed by atoms with van der Waals surface area (Å²) in [5.74, 6) is 0. The van der Waals surface area contributed by atoms with Crippen LogP contribution in [0.5, 0.6) is 0 Å². The number of rotatable bonds is 0. The SMILES string of the molecule is Br.C[S+](C)[O-].Cl. The maximum absolute atomic E-state index is 9.56. The highest BCUT2D eigenvalue weighted by Crippen LogP contribution is 1.61. The standard InChI is InChI=1S/C2H6OS.BrH.ClH/c1-4(2)3;;/h1-2H3;2*1H. The Labute approximate surface area is 57.9 Å². The minimum atomic E-state index is -0.611. The first-order valence-corrected chi connectivity index (χ1v) is 2.95. The van der Waals surface area contributed by atoms with Crippen LogP contribution in [0.1, 0.15) is 0 Å². The third kappa shape index (κ3) is 72.5. The summed E-state index contributed by atoms with van der Waals surface area (Å²) >= 11 is -0.611. The molecule has 0 atom stereocenters. The van der Waals surface area contributed by atoms with Gasteiger partial charge in [-0.05, 0) is 0 Å². The largest absolute Gasteiger partial charge is 0.617 e. The van der Waals surface area contributed by atoms with Gasteiger partial charge in [-0.25, -0.2) is 0 Å². The fourth-order valence-electron chi connectivity index (χ4n) is 0. The minimum absolute atomic E-state index is 0. The van der Waals surface area contributed by atoms with Crippen molar-refractivity contribution in [3.05, 3.63) is 0 Å². The second-order valence-electron chi connectivity index (χ2n) is 0.742. The molecule has 0 amide bonds. The molecule has 0 aliphatic rings. The molecule has 42 valence electrons. The molecule has 0 bridgehead atoms. The molecule has 0 fully saturated rings. The molecule has 0 radical (unpaired) electrons. The average molecular weight is 196 g/mol. The van der Waals surface area contributed by atoms with E-state index in [9.17, 15) is 4.55 Å². The van der Waals surface area contributed by atoms with Crippen LogP contribution in [0.3, 0.4) is 0 Å². The Morgan fingerprint density at radius 1 is 1.33 bits per heavy atom. The van der Waals surface area contributed by atoms with E-state index < -0.39 is 11.2 Å². The molecule has 0 unspecified atom stereocenters. The normalized spacial score (nSPS) is 6.00. The summed E-state index contributed by atoms with van der Waals surface area (Å²) in [5, 5.41) is 0. The molecule has 0 aromatic carbocycles. The van der Waals surface area contributed by atoms with E-state index in [2.05, 4.69) is 0 Å². The van der Waals surface area contributed by atoms with E-state index in [0.717, 1.165) is 0 Å². The number of halogens is 2. The predicted molar refractivity (Wildman–Crippen MR) is 37.6 cm³/mol. The highest BCUT2D eigenvalue weighted by molar-refractivity contribution is 8.93. The Morgan fingerprint density at radius 2 is 1.33 bits per heavy atom. The molecule has 0 rings (SSSR count). The lowest BCUT2D eigenvalue weighted by Crippen LogP contribution is -1.86. The highest BCUT2D eigenvalue weighted by Gasteiger charge is 1.66. The van der Waals surface area contributed by atoms with Crippen molar-refractivity contribution in [2.24, 2.45) is 0 Å². The quantitative estimate of drug-likeness (QED) is 0.529. The third-order valence-corrected chi connectivity index (χ3v) is 0. The van der Waals surface area contributed by atoms with Crippen LogP contribution >= 0.6 is 29.4 Å². The maximum atomic E-state index is 9.56. The maximum Gasteiger partial charge on any atom is 0.0946 e. The van der Waals surface area contributed by atoms with Gasteiger partial charge in [0.25, 0.3) is 0 Å². The van der Waals surface area contributed by atoms with E-state index >= 15 is 0 Å². The van der Waals surface area contributed by atoms with Crippen molar-refractivity contribution in [1.82, 2.24) is 0 Å². The van der Waals surface area contributed by atoms with Gasteiger partial charge in [0, 0.05) is 0 Å². The van der Waals surface area contributed by atoms with E-state index in [0.29, 0.717) is 0 Å². The van der Waals surface area contributed by atoms with Gasteiger partial charge in [-0.1, -0.05) is 11.2 Å². The van der Waals surface area contributed by atoms with Crippen LogP contribution in [0, 0.1) is 0 Å². The lowest BCUT2D eigenvalue weighted by atomic mass is 11.9. The third-order valence-electron chi connectivity index (χ3n) is 0. The fraction of sp³-hybridized carbons (Fsp3) is 1.00. The van der Waals surface area contributed by atoms with E-state index in [-0.39, 0.29) is 29.4 Å². The molecule has 0 aromatic rings. The Bertz CT molecular complexity index is 18.3. The average Bonchev–Trinajstić information content (AvgIpc) is 0.811. The summed E-state index contributed by atoms with van der Waals surface area (Å²) in [6, 6.07) is 0. The van der Waals surface area contributed by atoms with Gasteiger partial charge in [0.1, 0.15) is 0 Å².